The molecule has 3 heterocycles. The van der Waals surface area contributed by atoms with Crippen molar-refractivity contribution in [1.82, 2.24) is 0 Å². The predicted octanol–water partition coefficient (Wildman–Crippen LogP) is 12.7. The molecule has 2 fully saturated rings. The zero-order valence-corrected chi connectivity index (χ0v) is 33.3. The highest BCUT2D eigenvalue weighted by atomic mass is 35.5. The molecule has 274 valence electrons. The number of hydrogen-bond donors (Lipinski definition) is 0. The van der Waals surface area contributed by atoms with Crippen LogP contribution in [0.1, 0.15) is 75.0 Å². The summed E-state index contributed by atoms with van der Waals surface area (Å²) in [6.45, 7) is 8.31. The molecule has 3 aliphatic rings. The summed E-state index contributed by atoms with van der Waals surface area (Å²) < 4.78 is 6.60. The van der Waals surface area contributed by atoms with Crippen molar-refractivity contribution in [3.63, 3.8) is 0 Å². The molecule has 0 bridgehead atoms. The number of ether oxygens (including phenoxy) is 1. The van der Waals surface area contributed by atoms with Gasteiger partial charge in [0.05, 0.1) is 25.7 Å². The number of halogens is 4. The minimum Gasteiger partial charge on any atom is -0.442 e. The van der Waals surface area contributed by atoms with Crippen molar-refractivity contribution in [1.29, 1.82) is 0 Å². The summed E-state index contributed by atoms with van der Waals surface area (Å²) in [5.74, 6) is -0.636. The van der Waals surface area contributed by atoms with Crippen LogP contribution >= 0.6 is 46.4 Å². The summed E-state index contributed by atoms with van der Waals surface area (Å²) in [5, 5.41) is 0.189. The van der Waals surface area contributed by atoms with E-state index in [1.54, 1.807) is 0 Å². The molecule has 0 saturated carbocycles. The smallest absolute Gasteiger partial charge is 0.341 e. The molecule has 8 rings (SSSR count). The number of hydrogen-bond acceptors (Lipinski definition) is 4. The monoisotopic (exact) mass is 792 g/mol. The Morgan fingerprint density at radius 2 is 0.889 bits per heavy atom. The summed E-state index contributed by atoms with van der Waals surface area (Å²) in [7, 11) is 0. The van der Waals surface area contributed by atoms with E-state index < -0.39 is 11.6 Å². The molecule has 0 radical (unpaired) electrons. The lowest BCUT2D eigenvalue weighted by atomic mass is 9.82. The van der Waals surface area contributed by atoms with E-state index in [2.05, 4.69) is 121 Å². The van der Waals surface area contributed by atoms with E-state index in [4.69, 9.17) is 51.1 Å². The standard InChI is InChI=1S/C46H40Cl4N2O2/c1-29-7-11-31(12-8-29)37(33-15-19-35(20-16-33)51-23-3-4-24-51)27-46(40-39(45(53)54-46)41(47)43(49)44(50)42(40)48)28-38(32-13-9-30(2)10-14-32)34-17-21-36(22-18-34)52-25-5-6-26-52/h7-22,27-28H,3-6,23-26H2,1-2H3. The molecular formula is C46H40Cl4N2O2. The van der Waals surface area contributed by atoms with Gasteiger partial charge in [-0.2, -0.15) is 0 Å². The number of cyclic esters (lactones) is 1. The van der Waals surface area contributed by atoms with Crippen molar-refractivity contribution in [2.45, 2.75) is 45.1 Å². The molecule has 3 aliphatic heterocycles. The molecular weight excluding hydrogens is 754 g/mol. The van der Waals surface area contributed by atoms with Crippen LogP contribution in [0.4, 0.5) is 11.4 Å². The molecule has 0 atom stereocenters. The maximum absolute atomic E-state index is 14.2. The maximum atomic E-state index is 14.2. The molecule has 0 unspecified atom stereocenters. The number of carbonyl (C=O) groups excluding carboxylic acids is 1. The summed E-state index contributed by atoms with van der Waals surface area (Å²) >= 11 is 27.4. The van der Waals surface area contributed by atoms with Crippen LogP contribution in [0.3, 0.4) is 0 Å². The van der Waals surface area contributed by atoms with Crippen LogP contribution in [-0.2, 0) is 10.3 Å². The highest BCUT2D eigenvalue weighted by molar-refractivity contribution is 6.53. The normalized spacial score (nSPS) is 18.7. The number of rotatable bonds is 8. The first-order chi connectivity index (χ1) is 26.1. The lowest BCUT2D eigenvalue weighted by Crippen LogP contribution is -2.23. The van der Waals surface area contributed by atoms with Crippen molar-refractivity contribution in [2.75, 3.05) is 36.0 Å². The Bertz CT molecular complexity index is 2150. The minimum atomic E-state index is -1.55. The summed E-state index contributed by atoms with van der Waals surface area (Å²) in [6.07, 6.45) is 8.75. The van der Waals surface area contributed by atoms with E-state index in [1.807, 2.05) is 12.2 Å². The minimum absolute atomic E-state index is 0.00782. The van der Waals surface area contributed by atoms with Crippen LogP contribution in [0, 0.1) is 13.8 Å². The zero-order chi connectivity index (χ0) is 37.6. The summed E-state index contributed by atoms with van der Waals surface area (Å²) in [5.41, 5.74) is 9.02. The van der Waals surface area contributed by atoms with Gasteiger partial charge < -0.3 is 14.5 Å². The van der Waals surface area contributed by atoms with Crippen molar-refractivity contribution >= 4 is 74.9 Å². The van der Waals surface area contributed by atoms with Gasteiger partial charge in [0.2, 0.25) is 0 Å². The third-order valence-corrected chi connectivity index (χ3v) is 12.7. The largest absolute Gasteiger partial charge is 0.442 e. The molecule has 0 N–H and O–H groups in total. The van der Waals surface area contributed by atoms with Gasteiger partial charge in [-0.25, -0.2) is 4.79 Å². The Hall–Kier alpha value is -4.19. The Morgan fingerprint density at radius 3 is 1.28 bits per heavy atom. The van der Waals surface area contributed by atoms with Crippen LogP contribution in [0.2, 0.25) is 20.1 Å². The average molecular weight is 795 g/mol. The van der Waals surface area contributed by atoms with Crippen LogP contribution < -0.4 is 9.80 Å². The third-order valence-electron chi connectivity index (χ3n) is 10.9. The van der Waals surface area contributed by atoms with E-state index in [0.717, 1.165) is 70.7 Å². The molecule has 2 saturated heterocycles. The lowest BCUT2D eigenvalue weighted by molar-refractivity contribution is 0.0300. The first kappa shape index (κ1) is 36.8. The Kier molecular flexibility index (Phi) is 10.3. The summed E-state index contributed by atoms with van der Waals surface area (Å²) in [6, 6.07) is 33.9. The summed E-state index contributed by atoms with van der Waals surface area (Å²) in [4.78, 5) is 19.0. The highest BCUT2D eigenvalue weighted by Crippen LogP contribution is 2.53. The van der Waals surface area contributed by atoms with E-state index in [-0.39, 0.29) is 25.7 Å². The quantitative estimate of drug-likeness (QED) is 0.0890. The van der Waals surface area contributed by atoms with Crippen LogP contribution in [0.25, 0.3) is 11.1 Å². The number of aryl methyl sites for hydroxylation is 2. The van der Waals surface area contributed by atoms with Crippen molar-refractivity contribution in [3.8, 4) is 0 Å². The van der Waals surface area contributed by atoms with Crippen molar-refractivity contribution in [3.05, 3.63) is 174 Å². The SMILES string of the molecule is Cc1ccc(C(=CC2(C=C(c3ccc(C)cc3)c3ccc(N4CCCC4)cc3)OC(=O)c3c(Cl)c(Cl)c(Cl)c(Cl)c32)c2ccc(N3CCCC3)cc2)cc1. The van der Waals surface area contributed by atoms with Crippen LogP contribution in [0.5, 0.6) is 0 Å². The van der Waals surface area contributed by atoms with Crippen molar-refractivity contribution < 1.29 is 9.53 Å². The van der Waals surface area contributed by atoms with Crippen molar-refractivity contribution in [2.24, 2.45) is 0 Å². The van der Waals surface area contributed by atoms with Gasteiger partial charge in [0.15, 0.2) is 5.60 Å². The van der Waals surface area contributed by atoms with Gasteiger partial charge in [0.25, 0.3) is 0 Å². The van der Waals surface area contributed by atoms with Crippen LogP contribution in [0.15, 0.2) is 109 Å². The van der Waals surface area contributed by atoms with Crippen LogP contribution in [-0.4, -0.2) is 32.1 Å². The highest BCUT2D eigenvalue weighted by Gasteiger charge is 2.48. The molecule has 5 aromatic carbocycles. The van der Waals surface area contributed by atoms with Gasteiger partial charge in [-0.15, -0.1) is 0 Å². The molecule has 0 aliphatic carbocycles. The fourth-order valence-corrected chi connectivity index (χ4v) is 8.98. The van der Waals surface area contributed by atoms with Gasteiger partial charge in [-0.05, 0) is 109 Å². The number of esters is 1. The lowest BCUT2D eigenvalue weighted by Gasteiger charge is -2.27. The Balaban J connectivity index is 1.40. The molecule has 4 nitrogen and oxygen atoms in total. The second-order valence-electron chi connectivity index (χ2n) is 14.5. The second-order valence-corrected chi connectivity index (χ2v) is 16.0. The maximum Gasteiger partial charge on any atom is 0.341 e. The van der Waals surface area contributed by atoms with E-state index >= 15 is 0 Å². The molecule has 0 spiro atoms. The Morgan fingerprint density at radius 1 is 0.537 bits per heavy atom. The fraction of sp³-hybridized carbons (Fsp3) is 0.239. The van der Waals surface area contributed by atoms with E-state index in [9.17, 15) is 4.79 Å². The number of carbonyl (C=O) groups is 1. The van der Waals surface area contributed by atoms with Gasteiger partial charge in [-0.1, -0.05) is 130 Å². The van der Waals surface area contributed by atoms with Gasteiger partial charge in [-0.3, -0.25) is 0 Å². The topological polar surface area (TPSA) is 32.8 Å². The number of fused-ring (bicyclic) bond motifs is 1. The molecule has 0 amide bonds. The molecule has 54 heavy (non-hydrogen) atoms. The Labute approximate surface area is 337 Å². The number of anilines is 2. The van der Waals surface area contributed by atoms with E-state index in [1.165, 1.54) is 37.1 Å². The first-order valence-electron chi connectivity index (χ1n) is 18.5. The van der Waals surface area contributed by atoms with Gasteiger partial charge >= 0.3 is 5.97 Å². The second kappa shape index (κ2) is 15.2. The third kappa shape index (κ3) is 6.95. The first-order valence-corrected chi connectivity index (χ1v) is 20.0. The molecule has 5 aromatic rings. The number of benzene rings is 5. The predicted molar refractivity (Wildman–Crippen MR) is 226 cm³/mol. The van der Waals surface area contributed by atoms with Gasteiger partial charge in [0.1, 0.15) is 0 Å². The average Bonchev–Trinajstić information content (AvgIpc) is 3.98. The molecule has 8 heteroatoms. The molecule has 0 aromatic heterocycles. The number of nitrogens with zero attached hydrogens (tertiary/aromatic N) is 2. The zero-order valence-electron chi connectivity index (χ0n) is 30.3. The fourth-order valence-electron chi connectivity index (χ4n) is 7.91. The van der Waals surface area contributed by atoms with Gasteiger partial charge in [0, 0.05) is 43.1 Å². The van der Waals surface area contributed by atoms with E-state index in [0.29, 0.717) is 5.56 Å².